The third kappa shape index (κ3) is 3.09. The molecule has 20 heavy (non-hydrogen) atoms. The van der Waals surface area contributed by atoms with E-state index in [1.54, 1.807) is 18.2 Å². The Labute approximate surface area is 116 Å². The number of primary amides is 1. The lowest BCUT2D eigenvalue weighted by molar-refractivity contribution is -0.118. The number of carbonyl (C=O) groups is 1. The second-order valence-corrected chi connectivity index (χ2v) is 6.16. The van der Waals surface area contributed by atoms with Crippen LogP contribution in [0.2, 0.25) is 0 Å². The molecule has 0 spiro atoms. The van der Waals surface area contributed by atoms with Gasteiger partial charge in [-0.1, -0.05) is 0 Å². The maximum absolute atomic E-state index is 12.2. The van der Waals surface area contributed by atoms with Gasteiger partial charge < -0.3 is 16.5 Å². The van der Waals surface area contributed by atoms with Crippen molar-refractivity contribution < 1.29 is 13.2 Å². The van der Waals surface area contributed by atoms with Gasteiger partial charge in [0.2, 0.25) is 15.9 Å². The molecule has 1 heterocycles. The van der Waals surface area contributed by atoms with E-state index in [2.05, 4.69) is 9.71 Å². The zero-order valence-electron chi connectivity index (χ0n) is 10.7. The van der Waals surface area contributed by atoms with E-state index in [0.717, 1.165) is 0 Å². The van der Waals surface area contributed by atoms with Crippen molar-refractivity contribution >= 4 is 32.5 Å². The minimum atomic E-state index is -3.65. The summed E-state index contributed by atoms with van der Waals surface area (Å²) in [5.41, 5.74) is 11.8. The van der Waals surface area contributed by atoms with Crippen LogP contribution < -0.4 is 16.2 Å². The standard InChI is InChI=1S/C12H16N4O3S/c13-8-3-4-10-9(6-8)11(7-15-10)20(18,19)16-5-1-2-12(14)17/h3-4,6-7,15-16H,1-2,5,13H2,(H2,14,17). The summed E-state index contributed by atoms with van der Waals surface area (Å²) in [5, 5.41) is 0.535. The zero-order chi connectivity index (χ0) is 14.8. The van der Waals surface area contributed by atoms with Gasteiger partial charge >= 0.3 is 0 Å². The van der Waals surface area contributed by atoms with E-state index in [-0.39, 0.29) is 17.9 Å². The molecule has 1 aromatic carbocycles. The fourth-order valence-electron chi connectivity index (χ4n) is 1.88. The van der Waals surface area contributed by atoms with Crippen molar-refractivity contribution in [3.05, 3.63) is 24.4 Å². The number of benzene rings is 1. The Morgan fingerprint density at radius 1 is 1.35 bits per heavy atom. The van der Waals surface area contributed by atoms with Crippen LogP contribution in [0.1, 0.15) is 12.8 Å². The van der Waals surface area contributed by atoms with E-state index < -0.39 is 15.9 Å². The molecule has 1 amide bonds. The summed E-state index contributed by atoms with van der Waals surface area (Å²) < 4.78 is 26.8. The number of nitrogens with two attached hydrogens (primary N) is 2. The molecule has 0 saturated heterocycles. The number of hydrogen-bond acceptors (Lipinski definition) is 4. The van der Waals surface area contributed by atoms with Gasteiger partial charge in [-0.15, -0.1) is 0 Å². The van der Waals surface area contributed by atoms with Crippen LogP contribution in [0.15, 0.2) is 29.3 Å². The highest BCUT2D eigenvalue weighted by atomic mass is 32.2. The van der Waals surface area contributed by atoms with Crippen molar-refractivity contribution in [3.63, 3.8) is 0 Å². The first kappa shape index (κ1) is 14.4. The number of nitrogen functional groups attached to an aromatic ring is 1. The van der Waals surface area contributed by atoms with E-state index in [0.29, 0.717) is 23.0 Å². The largest absolute Gasteiger partial charge is 0.399 e. The van der Waals surface area contributed by atoms with Crippen molar-refractivity contribution in [1.29, 1.82) is 0 Å². The minimum Gasteiger partial charge on any atom is -0.399 e. The Morgan fingerprint density at radius 2 is 2.10 bits per heavy atom. The monoisotopic (exact) mass is 296 g/mol. The van der Waals surface area contributed by atoms with Crippen molar-refractivity contribution in [3.8, 4) is 0 Å². The Bertz CT molecular complexity index is 736. The molecule has 0 aliphatic rings. The van der Waals surface area contributed by atoms with Gasteiger partial charge in [0.25, 0.3) is 0 Å². The van der Waals surface area contributed by atoms with Crippen molar-refractivity contribution in [2.45, 2.75) is 17.7 Å². The van der Waals surface area contributed by atoms with Crippen LogP contribution >= 0.6 is 0 Å². The summed E-state index contributed by atoms with van der Waals surface area (Å²) >= 11 is 0. The Morgan fingerprint density at radius 3 is 2.80 bits per heavy atom. The number of amides is 1. The SMILES string of the molecule is NC(=O)CCCNS(=O)(=O)c1c[nH]c2ccc(N)cc12. The van der Waals surface area contributed by atoms with Gasteiger partial charge in [0.15, 0.2) is 0 Å². The molecule has 0 saturated carbocycles. The summed E-state index contributed by atoms with van der Waals surface area (Å²) in [6.07, 6.45) is 1.92. The molecule has 0 radical (unpaired) electrons. The number of fused-ring (bicyclic) bond motifs is 1. The molecule has 1 aromatic heterocycles. The number of aromatic nitrogens is 1. The molecule has 0 fully saturated rings. The first-order chi connectivity index (χ1) is 9.40. The van der Waals surface area contributed by atoms with Crippen LogP contribution in [0.5, 0.6) is 0 Å². The third-order valence-electron chi connectivity index (χ3n) is 2.85. The van der Waals surface area contributed by atoms with Gasteiger partial charge in [-0.2, -0.15) is 0 Å². The normalized spacial score (nSPS) is 11.8. The number of sulfonamides is 1. The van der Waals surface area contributed by atoms with Crippen LogP contribution in [-0.2, 0) is 14.8 Å². The molecular weight excluding hydrogens is 280 g/mol. The molecule has 0 aliphatic heterocycles. The van der Waals surface area contributed by atoms with Crippen LogP contribution in [0.4, 0.5) is 5.69 Å². The molecule has 2 aromatic rings. The number of hydrogen-bond donors (Lipinski definition) is 4. The molecule has 7 nitrogen and oxygen atoms in total. The summed E-state index contributed by atoms with van der Waals surface area (Å²) in [6, 6.07) is 5.01. The average Bonchev–Trinajstić information content (AvgIpc) is 2.78. The molecule has 0 unspecified atom stereocenters. The van der Waals surface area contributed by atoms with Crippen molar-refractivity contribution in [2.24, 2.45) is 5.73 Å². The fourth-order valence-corrected chi connectivity index (χ4v) is 3.12. The number of rotatable bonds is 6. The maximum atomic E-state index is 12.2. The third-order valence-corrected chi connectivity index (χ3v) is 4.35. The second kappa shape index (κ2) is 5.51. The topological polar surface area (TPSA) is 131 Å². The first-order valence-electron chi connectivity index (χ1n) is 6.05. The first-order valence-corrected chi connectivity index (χ1v) is 7.53. The van der Waals surface area contributed by atoms with Gasteiger partial charge in [-0.25, -0.2) is 13.1 Å². The lowest BCUT2D eigenvalue weighted by Gasteiger charge is -2.05. The van der Waals surface area contributed by atoms with E-state index >= 15 is 0 Å². The van der Waals surface area contributed by atoms with Gasteiger partial charge in [0.05, 0.1) is 0 Å². The number of carbonyl (C=O) groups excluding carboxylic acids is 1. The summed E-state index contributed by atoms with van der Waals surface area (Å²) in [7, 11) is -3.65. The second-order valence-electron chi connectivity index (χ2n) is 4.43. The Hall–Kier alpha value is -2.06. The lowest BCUT2D eigenvalue weighted by atomic mass is 10.2. The highest BCUT2D eigenvalue weighted by Gasteiger charge is 2.18. The predicted molar refractivity (Wildman–Crippen MR) is 76.3 cm³/mol. The molecule has 0 bridgehead atoms. The lowest BCUT2D eigenvalue weighted by Crippen LogP contribution is -2.25. The quantitative estimate of drug-likeness (QED) is 0.450. The van der Waals surface area contributed by atoms with Crippen LogP contribution in [-0.4, -0.2) is 25.9 Å². The number of H-pyrrole nitrogens is 1. The Balaban J connectivity index is 2.19. The van der Waals surface area contributed by atoms with E-state index in [1.807, 2.05) is 0 Å². The van der Waals surface area contributed by atoms with Gasteiger partial charge in [0, 0.05) is 35.8 Å². The number of anilines is 1. The van der Waals surface area contributed by atoms with Crippen molar-refractivity contribution in [2.75, 3.05) is 12.3 Å². The molecule has 8 heteroatoms. The van der Waals surface area contributed by atoms with E-state index in [4.69, 9.17) is 11.5 Å². The van der Waals surface area contributed by atoms with E-state index in [1.165, 1.54) is 6.20 Å². The zero-order valence-corrected chi connectivity index (χ0v) is 11.5. The fraction of sp³-hybridized carbons (Fsp3) is 0.250. The number of nitrogens with one attached hydrogen (secondary N) is 2. The van der Waals surface area contributed by atoms with E-state index in [9.17, 15) is 13.2 Å². The minimum absolute atomic E-state index is 0.138. The highest BCUT2D eigenvalue weighted by molar-refractivity contribution is 7.89. The van der Waals surface area contributed by atoms with Gasteiger partial charge in [-0.05, 0) is 24.6 Å². The molecule has 6 N–H and O–H groups in total. The number of aromatic amines is 1. The molecule has 0 atom stereocenters. The average molecular weight is 296 g/mol. The summed E-state index contributed by atoms with van der Waals surface area (Å²) in [4.78, 5) is 13.6. The summed E-state index contributed by atoms with van der Waals surface area (Å²) in [6.45, 7) is 0.153. The molecule has 2 rings (SSSR count). The van der Waals surface area contributed by atoms with Crippen LogP contribution in [0, 0.1) is 0 Å². The maximum Gasteiger partial charge on any atom is 0.242 e. The van der Waals surface area contributed by atoms with Crippen LogP contribution in [0.3, 0.4) is 0 Å². The van der Waals surface area contributed by atoms with Gasteiger partial charge in [0.1, 0.15) is 4.90 Å². The molecule has 0 aliphatic carbocycles. The van der Waals surface area contributed by atoms with Crippen LogP contribution in [0.25, 0.3) is 10.9 Å². The highest BCUT2D eigenvalue weighted by Crippen LogP contribution is 2.24. The Kier molecular flexibility index (Phi) is 3.96. The molecule has 108 valence electrons. The molecular formula is C12H16N4O3S. The smallest absolute Gasteiger partial charge is 0.242 e. The van der Waals surface area contributed by atoms with Gasteiger partial charge in [-0.3, -0.25) is 4.79 Å². The predicted octanol–water partition coefficient (Wildman–Crippen LogP) is 0.294. The summed E-state index contributed by atoms with van der Waals surface area (Å²) in [5.74, 6) is -0.455. The van der Waals surface area contributed by atoms with Crippen molar-refractivity contribution in [1.82, 2.24) is 9.71 Å².